The summed E-state index contributed by atoms with van der Waals surface area (Å²) in [6.07, 6.45) is 4.10. The number of hydrogen-bond acceptors (Lipinski definition) is 6. The summed E-state index contributed by atoms with van der Waals surface area (Å²) in [6.45, 7) is 3.51. The highest BCUT2D eigenvalue weighted by Crippen LogP contribution is 2.36. The summed E-state index contributed by atoms with van der Waals surface area (Å²) in [5.41, 5.74) is 3.45. The second-order valence-corrected chi connectivity index (χ2v) is 9.43. The van der Waals surface area contributed by atoms with Crippen molar-refractivity contribution in [3.8, 4) is 6.07 Å². The van der Waals surface area contributed by atoms with Crippen LogP contribution in [0.4, 0.5) is 11.5 Å². The molecular formula is C26H31N7O. The summed E-state index contributed by atoms with van der Waals surface area (Å²) in [4.78, 5) is 23.4. The number of piperazine rings is 1. The maximum Gasteiger partial charge on any atom is 0.253 e. The fourth-order valence-corrected chi connectivity index (χ4v) is 4.98. The number of rotatable bonds is 5. The first kappa shape index (κ1) is 22.2. The normalized spacial score (nSPS) is 20.2. The zero-order valence-electron chi connectivity index (χ0n) is 20.0. The topological polar surface area (TPSA) is 80.4 Å². The van der Waals surface area contributed by atoms with Crippen molar-refractivity contribution in [2.45, 2.75) is 24.9 Å². The van der Waals surface area contributed by atoms with E-state index in [2.05, 4.69) is 25.8 Å². The van der Waals surface area contributed by atoms with Crippen LogP contribution in [0.15, 0.2) is 42.6 Å². The summed E-state index contributed by atoms with van der Waals surface area (Å²) in [5, 5.41) is 13.9. The Hall–Kier alpha value is -3.57. The van der Waals surface area contributed by atoms with Gasteiger partial charge in [-0.15, -0.1) is 0 Å². The van der Waals surface area contributed by atoms with Gasteiger partial charge in [0.1, 0.15) is 17.5 Å². The van der Waals surface area contributed by atoms with Gasteiger partial charge in [0.2, 0.25) is 0 Å². The molecule has 2 aromatic heterocycles. The third-order valence-corrected chi connectivity index (χ3v) is 7.19. The summed E-state index contributed by atoms with van der Waals surface area (Å²) >= 11 is 0. The van der Waals surface area contributed by atoms with Crippen LogP contribution in [-0.4, -0.2) is 73.7 Å². The first-order chi connectivity index (χ1) is 16.5. The van der Waals surface area contributed by atoms with E-state index in [1.165, 1.54) is 0 Å². The number of pyridine rings is 1. The molecule has 0 atom stereocenters. The van der Waals surface area contributed by atoms with Crippen LogP contribution in [-0.2, 0) is 0 Å². The predicted octanol–water partition coefficient (Wildman–Crippen LogP) is 2.86. The number of hydrogen-bond donors (Lipinski definition) is 1. The molecule has 1 saturated carbocycles. The number of aromatic nitrogens is 2. The van der Waals surface area contributed by atoms with Gasteiger partial charge >= 0.3 is 0 Å². The third kappa shape index (κ3) is 3.97. The fourth-order valence-electron chi connectivity index (χ4n) is 4.98. The molecule has 1 N–H and O–H groups in total. The molecule has 5 rings (SSSR count). The average Bonchev–Trinajstić information content (AvgIpc) is 3.21. The maximum atomic E-state index is 12.1. The molecule has 2 aliphatic rings. The Morgan fingerprint density at radius 1 is 1.06 bits per heavy atom. The Morgan fingerprint density at radius 2 is 1.74 bits per heavy atom. The number of nitrogens with one attached hydrogen (secondary N) is 1. The number of nitrogens with zero attached hydrogens (tertiary/aromatic N) is 6. The van der Waals surface area contributed by atoms with Gasteiger partial charge in [0, 0.05) is 75.2 Å². The molecule has 1 aliphatic carbocycles. The quantitative estimate of drug-likeness (QED) is 0.635. The lowest BCUT2D eigenvalue weighted by molar-refractivity contribution is 0.0827. The van der Waals surface area contributed by atoms with Gasteiger partial charge in [-0.05, 0) is 56.3 Å². The van der Waals surface area contributed by atoms with Crippen LogP contribution in [0, 0.1) is 11.3 Å². The van der Waals surface area contributed by atoms with Crippen LogP contribution in [0.1, 0.15) is 34.8 Å². The average molecular weight is 458 g/mol. The Balaban J connectivity index is 1.30. The molecule has 1 aliphatic heterocycles. The van der Waals surface area contributed by atoms with E-state index < -0.39 is 0 Å². The molecule has 1 aromatic carbocycles. The minimum atomic E-state index is 0.0190. The monoisotopic (exact) mass is 457 g/mol. The molecule has 0 spiro atoms. The van der Waals surface area contributed by atoms with E-state index in [-0.39, 0.29) is 5.91 Å². The second kappa shape index (κ2) is 8.99. The molecule has 1 amide bonds. The van der Waals surface area contributed by atoms with Gasteiger partial charge in [0.15, 0.2) is 0 Å². The molecule has 0 radical (unpaired) electrons. The van der Waals surface area contributed by atoms with Crippen molar-refractivity contribution in [1.82, 2.24) is 19.8 Å². The SMILES string of the molecule is CNC1CC(n2cc(C#N)c3ccc(N4CCN(c5ccc(C(=O)N(C)C)cc5)CC4)nc32)C1. The molecule has 0 bridgehead atoms. The smallest absolute Gasteiger partial charge is 0.253 e. The van der Waals surface area contributed by atoms with Crippen molar-refractivity contribution in [3.05, 3.63) is 53.7 Å². The molecule has 0 unspecified atom stereocenters. The van der Waals surface area contributed by atoms with Crippen LogP contribution in [0.25, 0.3) is 11.0 Å². The number of carbonyl (C=O) groups is 1. The highest BCUT2D eigenvalue weighted by atomic mass is 16.2. The third-order valence-electron chi connectivity index (χ3n) is 7.19. The predicted molar refractivity (Wildman–Crippen MR) is 134 cm³/mol. The Bertz CT molecular complexity index is 1230. The molecule has 8 heteroatoms. The maximum absolute atomic E-state index is 12.1. The number of benzene rings is 1. The first-order valence-electron chi connectivity index (χ1n) is 11.9. The van der Waals surface area contributed by atoms with Crippen molar-refractivity contribution in [3.63, 3.8) is 0 Å². The van der Waals surface area contributed by atoms with Crippen molar-refractivity contribution >= 4 is 28.4 Å². The van der Waals surface area contributed by atoms with Crippen molar-refractivity contribution in [2.75, 3.05) is 57.1 Å². The van der Waals surface area contributed by atoms with Gasteiger partial charge in [0.05, 0.1) is 5.56 Å². The number of nitriles is 1. The van der Waals surface area contributed by atoms with Gasteiger partial charge in [0.25, 0.3) is 5.91 Å². The van der Waals surface area contributed by atoms with Gasteiger partial charge in [-0.1, -0.05) is 0 Å². The van der Waals surface area contributed by atoms with Crippen LogP contribution >= 0.6 is 0 Å². The molecule has 3 heterocycles. The Labute approximate surface area is 200 Å². The number of amides is 1. The first-order valence-corrected chi connectivity index (χ1v) is 11.9. The largest absolute Gasteiger partial charge is 0.368 e. The standard InChI is InChI=1S/C26H31N7O/c1-28-20-14-22(15-20)33-17-19(16-27)23-8-9-24(29-25(23)33)32-12-10-31(11-13-32)21-6-4-18(5-7-21)26(34)30(2)3/h4-9,17,20,22,28H,10-15H2,1-3H3. The van der Waals surface area contributed by atoms with Gasteiger partial charge in [-0.2, -0.15) is 5.26 Å². The van der Waals surface area contributed by atoms with E-state index in [1.54, 1.807) is 19.0 Å². The second-order valence-electron chi connectivity index (χ2n) is 9.43. The van der Waals surface area contributed by atoms with E-state index in [9.17, 15) is 10.1 Å². The van der Waals surface area contributed by atoms with Crippen molar-refractivity contribution in [2.24, 2.45) is 0 Å². The molecule has 1 saturated heterocycles. The summed E-state index contributed by atoms with van der Waals surface area (Å²) in [6, 6.07) is 15.2. The van der Waals surface area contributed by atoms with E-state index in [0.717, 1.165) is 61.6 Å². The fraction of sp³-hybridized carbons (Fsp3) is 0.423. The van der Waals surface area contributed by atoms with Gasteiger partial charge in [-0.25, -0.2) is 4.98 Å². The minimum absolute atomic E-state index is 0.0190. The van der Waals surface area contributed by atoms with E-state index in [0.29, 0.717) is 23.2 Å². The lowest BCUT2D eigenvalue weighted by Gasteiger charge is -2.37. The summed E-state index contributed by atoms with van der Waals surface area (Å²) in [7, 11) is 5.54. The van der Waals surface area contributed by atoms with Crippen molar-refractivity contribution in [1.29, 1.82) is 5.26 Å². The number of fused-ring (bicyclic) bond motifs is 1. The highest BCUT2D eigenvalue weighted by molar-refractivity contribution is 5.94. The molecular weight excluding hydrogens is 426 g/mol. The number of anilines is 2. The van der Waals surface area contributed by atoms with Crippen LogP contribution in [0.3, 0.4) is 0 Å². The van der Waals surface area contributed by atoms with Crippen LogP contribution in [0.5, 0.6) is 0 Å². The Morgan fingerprint density at radius 3 is 2.35 bits per heavy atom. The zero-order valence-corrected chi connectivity index (χ0v) is 20.0. The molecule has 2 fully saturated rings. The summed E-state index contributed by atoms with van der Waals surface area (Å²) < 4.78 is 2.21. The molecule has 3 aromatic rings. The minimum Gasteiger partial charge on any atom is -0.368 e. The van der Waals surface area contributed by atoms with E-state index >= 15 is 0 Å². The summed E-state index contributed by atoms with van der Waals surface area (Å²) in [5.74, 6) is 0.984. The van der Waals surface area contributed by atoms with Crippen LogP contribution < -0.4 is 15.1 Å². The van der Waals surface area contributed by atoms with Crippen molar-refractivity contribution < 1.29 is 4.79 Å². The van der Waals surface area contributed by atoms with E-state index in [4.69, 9.17) is 4.98 Å². The number of carbonyl (C=O) groups excluding carboxylic acids is 1. The molecule has 8 nitrogen and oxygen atoms in total. The van der Waals surface area contributed by atoms with Gasteiger partial charge < -0.3 is 24.6 Å². The lowest BCUT2D eigenvalue weighted by atomic mass is 9.87. The molecule has 34 heavy (non-hydrogen) atoms. The molecule has 176 valence electrons. The highest BCUT2D eigenvalue weighted by Gasteiger charge is 2.31. The van der Waals surface area contributed by atoms with Gasteiger partial charge in [-0.3, -0.25) is 4.79 Å². The van der Waals surface area contributed by atoms with Crippen LogP contribution in [0.2, 0.25) is 0 Å². The zero-order chi connectivity index (χ0) is 23.8. The lowest BCUT2D eigenvalue weighted by Crippen LogP contribution is -2.46. The van der Waals surface area contributed by atoms with E-state index in [1.807, 2.05) is 49.6 Å². The Kier molecular flexibility index (Phi) is 5.88.